The first-order valence-corrected chi connectivity index (χ1v) is 8.66. The van der Waals surface area contributed by atoms with E-state index in [1.807, 2.05) is 0 Å². The van der Waals surface area contributed by atoms with E-state index in [-0.39, 0.29) is 27.6 Å². The van der Waals surface area contributed by atoms with Gasteiger partial charge in [-0.05, 0) is 24.3 Å². The van der Waals surface area contributed by atoms with Gasteiger partial charge < -0.3 is 4.74 Å². The number of ether oxygens (including phenoxy) is 1. The normalized spacial score (nSPS) is 11.5. The summed E-state index contributed by atoms with van der Waals surface area (Å²) in [5.41, 5.74) is 0.281. The summed E-state index contributed by atoms with van der Waals surface area (Å²) in [4.78, 5) is 11.3. The number of carbonyl (C=O) groups excluding carboxylic acids is 1. The molecule has 0 amide bonds. The molecular weight excluding hydrogens is 357 g/mol. The molecule has 0 N–H and O–H groups in total. The van der Waals surface area contributed by atoms with E-state index in [2.05, 4.69) is 4.74 Å². The zero-order chi connectivity index (χ0) is 17.9. The van der Waals surface area contributed by atoms with Gasteiger partial charge in [0, 0.05) is 19.2 Å². The molecule has 0 heterocycles. The Hall–Kier alpha value is -1.96. The second-order valence-electron chi connectivity index (χ2n) is 4.99. The summed E-state index contributed by atoms with van der Waals surface area (Å²) in [7, 11) is -1.52. The van der Waals surface area contributed by atoms with E-state index in [1.54, 1.807) is 6.07 Å². The summed E-state index contributed by atoms with van der Waals surface area (Å²) in [6.45, 7) is -0.173. The molecule has 0 aliphatic rings. The van der Waals surface area contributed by atoms with Gasteiger partial charge in [-0.2, -0.15) is 4.31 Å². The van der Waals surface area contributed by atoms with Gasteiger partial charge in [0.05, 0.1) is 17.7 Å². The molecule has 128 valence electrons. The Balaban J connectivity index is 2.39. The third-order valence-corrected chi connectivity index (χ3v) is 5.68. The van der Waals surface area contributed by atoms with Crippen LogP contribution in [0.2, 0.25) is 5.02 Å². The Morgan fingerprint density at radius 2 is 1.92 bits per heavy atom. The van der Waals surface area contributed by atoms with Crippen LogP contribution >= 0.6 is 11.6 Å². The molecule has 0 aromatic heterocycles. The largest absolute Gasteiger partial charge is 0.465 e. The lowest BCUT2D eigenvalue weighted by atomic mass is 10.2. The minimum absolute atomic E-state index is 0.0389. The van der Waals surface area contributed by atoms with Gasteiger partial charge in [-0.3, -0.25) is 0 Å². The van der Waals surface area contributed by atoms with Gasteiger partial charge in [-0.15, -0.1) is 0 Å². The molecule has 0 atom stereocenters. The van der Waals surface area contributed by atoms with Gasteiger partial charge >= 0.3 is 5.97 Å². The summed E-state index contributed by atoms with van der Waals surface area (Å²) in [6.07, 6.45) is 0. The van der Waals surface area contributed by atoms with Gasteiger partial charge in [-0.25, -0.2) is 17.6 Å². The summed E-state index contributed by atoms with van der Waals surface area (Å²) < 4.78 is 44.7. The molecule has 0 bridgehead atoms. The smallest absolute Gasteiger partial charge is 0.337 e. The lowest BCUT2D eigenvalue weighted by Crippen LogP contribution is -2.27. The van der Waals surface area contributed by atoms with E-state index < -0.39 is 21.8 Å². The summed E-state index contributed by atoms with van der Waals surface area (Å²) in [5.74, 6) is -1.19. The highest BCUT2D eigenvalue weighted by Gasteiger charge is 2.26. The molecule has 0 aliphatic carbocycles. The molecular formula is C16H15ClFNO4S. The van der Waals surface area contributed by atoms with Crippen LogP contribution in [0.15, 0.2) is 47.4 Å². The van der Waals surface area contributed by atoms with Crippen molar-refractivity contribution in [1.29, 1.82) is 0 Å². The molecule has 0 unspecified atom stereocenters. The number of sulfonamides is 1. The Morgan fingerprint density at radius 3 is 2.54 bits per heavy atom. The zero-order valence-corrected chi connectivity index (χ0v) is 14.6. The summed E-state index contributed by atoms with van der Waals surface area (Å²) in [5, 5.41) is -0.0389. The van der Waals surface area contributed by atoms with Crippen LogP contribution in [0.4, 0.5) is 4.39 Å². The average Bonchev–Trinajstić information content (AvgIpc) is 2.56. The lowest BCUT2D eigenvalue weighted by Gasteiger charge is -2.18. The van der Waals surface area contributed by atoms with Crippen LogP contribution in [0.3, 0.4) is 0 Å². The van der Waals surface area contributed by atoms with Crippen molar-refractivity contribution in [3.05, 3.63) is 64.4 Å². The molecule has 2 aromatic carbocycles. The number of halogens is 2. The Morgan fingerprint density at radius 1 is 1.25 bits per heavy atom. The molecule has 0 saturated heterocycles. The number of benzene rings is 2. The first-order valence-electron chi connectivity index (χ1n) is 6.85. The number of nitrogens with zero attached hydrogens (tertiary/aromatic N) is 1. The van der Waals surface area contributed by atoms with Crippen LogP contribution in [-0.4, -0.2) is 32.8 Å². The van der Waals surface area contributed by atoms with Crippen LogP contribution in [-0.2, 0) is 21.3 Å². The highest BCUT2D eigenvalue weighted by atomic mass is 35.5. The fraction of sp³-hybridized carbons (Fsp3) is 0.188. The zero-order valence-electron chi connectivity index (χ0n) is 13.0. The standard InChI is InChI=1S/C16H15ClFNO4S/c1-19(10-12-5-3-4-6-14(12)18)24(21,22)15-9-11(16(20)23-2)7-8-13(15)17/h3-9H,10H2,1-2H3. The quantitative estimate of drug-likeness (QED) is 0.758. The first kappa shape index (κ1) is 18.4. The van der Waals surface area contributed by atoms with Gasteiger partial charge in [0.2, 0.25) is 10.0 Å². The van der Waals surface area contributed by atoms with Crippen molar-refractivity contribution in [2.45, 2.75) is 11.4 Å². The van der Waals surface area contributed by atoms with Crippen molar-refractivity contribution >= 4 is 27.6 Å². The Bertz CT molecular complexity index is 870. The third-order valence-electron chi connectivity index (χ3n) is 3.39. The van der Waals surface area contributed by atoms with Crippen LogP contribution < -0.4 is 0 Å². The predicted molar refractivity (Wildman–Crippen MR) is 87.8 cm³/mol. The Labute approximate surface area is 144 Å². The van der Waals surface area contributed by atoms with Crippen LogP contribution in [0.25, 0.3) is 0 Å². The first-order chi connectivity index (χ1) is 11.3. The summed E-state index contributed by atoms with van der Waals surface area (Å²) >= 11 is 5.97. The number of methoxy groups -OCH3 is 1. The molecule has 24 heavy (non-hydrogen) atoms. The van der Waals surface area contributed by atoms with Crippen LogP contribution in [0.1, 0.15) is 15.9 Å². The van der Waals surface area contributed by atoms with Crippen molar-refractivity contribution in [3.8, 4) is 0 Å². The molecule has 2 aromatic rings. The topological polar surface area (TPSA) is 63.7 Å². The fourth-order valence-corrected chi connectivity index (χ4v) is 3.71. The maximum Gasteiger partial charge on any atom is 0.337 e. The number of carbonyl (C=O) groups is 1. The maximum atomic E-state index is 13.7. The summed E-state index contributed by atoms with van der Waals surface area (Å²) in [6, 6.07) is 9.69. The van der Waals surface area contributed by atoms with Crippen LogP contribution in [0, 0.1) is 5.82 Å². The highest BCUT2D eigenvalue weighted by Crippen LogP contribution is 2.26. The predicted octanol–water partition coefficient (Wildman–Crippen LogP) is 3.09. The van der Waals surface area contributed by atoms with Crippen LogP contribution in [0.5, 0.6) is 0 Å². The third kappa shape index (κ3) is 3.75. The van der Waals surface area contributed by atoms with Gasteiger partial charge in [-0.1, -0.05) is 29.8 Å². The molecule has 0 radical (unpaired) electrons. The monoisotopic (exact) mass is 371 g/mol. The van der Waals surface area contributed by atoms with E-state index in [4.69, 9.17) is 11.6 Å². The van der Waals surface area contributed by atoms with E-state index in [9.17, 15) is 17.6 Å². The molecule has 0 spiro atoms. The molecule has 0 fully saturated rings. The van der Waals surface area contributed by atoms with Gasteiger partial charge in [0.1, 0.15) is 10.7 Å². The van der Waals surface area contributed by atoms with Crippen molar-refractivity contribution in [2.24, 2.45) is 0 Å². The average molecular weight is 372 g/mol. The minimum Gasteiger partial charge on any atom is -0.465 e. The fourth-order valence-electron chi connectivity index (χ4n) is 2.07. The van der Waals surface area contributed by atoms with Crippen molar-refractivity contribution in [3.63, 3.8) is 0 Å². The molecule has 5 nitrogen and oxygen atoms in total. The van der Waals surface area contributed by atoms with Gasteiger partial charge in [0.15, 0.2) is 0 Å². The number of esters is 1. The molecule has 8 heteroatoms. The lowest BCUT2D eigenvalue weighted by molar-refractivity contribution is 0.0600. The van der Waals surface area contributed by atoms with Crippen molar-refractivity contribution < 1.29 is 22.3 Å². The highest BCUT2D eigenvalue weighted by molar-refractivity contribution is 7.89. The second kappa shape index (κ2) is 7.29. The van der Waals surface area contributed by atoms with Crippen molar-refractivity contribution in [2.75, 3.05) is 14.2 Å². The maximum absolute atomic E-state index is 13.7. The van der Waals surface area contributed by atoms with E-state index in [0.717, 1.165) is 10.4 Å². The second-order valence-corrected chi connectivity index (χ2v) is 7.41. The molecule has 2 rings (SSSR count). The SMILES string of the molecule is COC(=O)c1ccc(Cl)c(S(=O)(=O)N(C)Cc2ccccc2F)c1. The van der Waals surface area contributed by atoms with Gasteiger partial charge in [0.25, 0.3) is 0 Å². The van der Waals surface area contributed by atoms with E-state index in [1.165, 1.54) is 44.5 Å². The van der Waals surface area contributed by atoms with Crippen molar-refractivity contribution in [1.82, 2.24) is 4.31 Å². The Kier molecular flexibility index (Phi) is 5.58. The molecule has 0 saturated carbocycles. The number of hydrogen-bond acceptors (Lipinski definition) is 4. The number of hydrogen-bond donors (Lipinski definition) is 0. The molecule has 0 aliphatic heterocycles. The van der Waals surface area contributed by atoms with E-state index >= 15 is 0 Å². The minimum atomic E-state index is -4.02. The van der Waals surface area contributed by atoms with E-state index in [0.29, 0.717) is 0 Å². The number of rotatable bonds is 5.